The van der Waals surface area contributed by atoms with Crippen LogP contribution in [-0.2, 0) is 9.59 Å². The third-order valence-corrected chi connectivity index (χ3v) is 2.63. The number of carbonyl (C=O) groups is 2. The average molecular weight is 254 g/mol. The molecule has 0 aromatic carbocycles. The van der Waals surface area contributed by atoms with Crippen molar-refractivity contribution in [2.75, 3.05) is 19.6 Å². The van der Waals surface area contributed by atoms with Gasteiger partial charge in [0.2, 0.25) is 5.91 Å². The molecule has 1 aliphatic rings. The lowest BCUT2D eigenvalue weighted by Gasteiger charge is -2.15. The normalized spacial score (nSPS) is 24.9. The molecule has 8 heteroatoms. The Balaban J connectivity index is 2.43. The van der Waals surface area contributed by atoms with Gasteiger partial charge in [-0.15, -0.1) is 0 Å². The average Bonchev–Trinajstić information content (AvgIpc) is 2.55. The smallest absolute Gasteiger partial charge is 0.391 e. The predicted octanol–water partition coefficient (Wildman–Crippen LogP) is -0.496. The van der Waals surface area contributed by atoms with Crippen LogP contribution < -0.4 is 5.32 Å². The highest BCUT2D eigenvalue weighted by Gasteiger charge is 2.40. The summed E-state index contributed by atoms with van der Waals surface area (Å²) in [6.45, 7) is 1.24. The molecule has 2 amide bonds. The Bertz CT molecular complexity index is 319. The molecule has 2 N–H and O–H groups in total. The van der Waals surface area contributed by atoms with Gasteiger partial charge < -0.3 is 15.3 Å². The first-order valence-corrected chi connectivity index (χ1v) is 5.00. The fourth-order valence-corrected chi connectivity index (χ4v) is 1.64. The second-order valence-corrected chi connectivity index (χ2v) is 3.96. The molecule has 1 heterocycles. The Morgan fingerprint density at radius 1 is 1.41 bits per heavy atom. The Kier molecular flexibility index (Phi) is 3.97. The highest BCUT2D eigenvalue weighted by atomic mass is 19.4. The van der Waals surface area contributed by atoms with Gasteiger partial charge in [-0.2, -0.15) is 13.2 Å². The van der Waals surface area contributed by atoms with Gasteiger partial charge in [0.1, 0.15) is 0 Å². The van der Waals surface area contributed by atoms with E-state index in [-0.39, 0.29) is 25.5 Å². The van der Waals surface area contributed by atoms with E-state index >= 15 is 0 Å². The monoisotopic (exact) mass is 254 g/mol. The number of aliphatic hydroxyl groups excluding tert-OH is 1. The van der Waals surface area contributed by atoms with Crippen molar-refractivity contribution in [1.82, 2.24) is 10.2 Å². The molecule has 0 spiro atoms. The molecule has 17 heavy (non-hydrogen) atoms. The van der Waals surface area contributed by atoms with Gasteiger partial charge in [-0.1, -0.05) is 0 Å². The number of halogens is 3. The van der Waals surface area contributed by atoms with Gasteiger partial charge in [0.25, 0.3) is 0 Å². The van der Waals surface area contributed by atoms with E-state index in [2.05, 4.69) is 0 Å². The Hall–Kier alpha value is -1.31. The lowest BCUT2D eigenvalue weighted by Crippen LogP contribution is -2.41. The van der Waals surface area contributed by atoms with Crippen molar-refractivity contribution in [3.8, 4) is 0 Å². The van der Waals surface area contributed by atoms with Crippen LogP contribution in [0.5, 0.6) is 0 Å². The molecule has 0 aliphatic carbocycles. The standard InChI is InChI=1S/C9H13F3N2O3/c1-5(15)14-3-6(7(16)4-14)2-13-8(17)9(10,11)12/h6-7,16H,2-4H2,1H3,(H,13,17). The number of alkyl halides is 3. The number of nitrogens with one attached hydrogen (secondary N) is 1. The number of hydrogen-bond donors (Lipinski definition) is 2. The molecule has 2 atom stereocenters. The summed E-state index contributed by atoms with van der Waals surface area (Å²) in [6.07, 6.45) is -5.84. The van der Waals surface area contributed by atoms with E-state index in [1.807, 2.05) is 0 Å². The van der Waals surface area contributed by atoms with Crippen LogP contribution >= 0.6 is 0 Å². The summed E-state index contributed by atoms with van der Waals surface area (Å²) >= 11 is 0. The largest absolute Gasteiger partial charge is 0.471 e. The molecular formula is C9H13F3N2O3. The minimum atomic E-state index is -4.93. The maximum atomic E-state index is 11.9. The highest BCUT2D eigenvalue weighted by molar-refractivity contribution is 5.81. The quantitative estimate of drug-likeness (QED) is 0.698. The van der Waals surface area contributed by atoms with E-state index in [4.69, 9.17) is 0 Å². The molecule has 1 rings (SSSR count). The summed E-state index contributed by atoms with van der Waals surface area (Å²) in [7, 11) is 0. The Morgan fingerprint density at radius 3 is 2.41 bits per heavy atom. The van der Waals surface area contributed by atoms with Crippen molar-refractivity contribution in [3.63, 3.8) is 0 Å². The molecule has 0 radical (unpaired) electrons. The van der Waals surface area contributed by atoms with Crippen LogP contribution in [0.1, 0.15) is 6.92 Å². The van der Waals surface area contributed by atoms with Crippen LogP contribution in [-0.4, -0.2) is 53.7 Å². The highest BCUT2D eigenvalue weighted by Crippen LogP contribution is 2.18. The zero-order valence-corrected chi connectivity index (χ0v) is 9.12. The second-order valence-electron chi connectivity index (χ2n) is 3.96. The molecule has 5 nitrogen and oxygen atoms in total. The third kappa shape index (κ3) is 3.58. The molecule has 0 saturated carbocycles. The van der Waals surface area contributed by atoms with Gasteiger partial charge in [-0.25, -0.2) is 0 Å². The van der Waals surface area contributed by atoms with Gasteiger partial charge in [0.15, 0.2) is 0 Å². The molecular weight excluding hydrogens is 241 g/mol. The first kappa shape index (κ1) is 13.8. The van der Waals surface area contributed by atoms with Crippen molar-refractivity contribution < 1.29 is 27.9 Å². The first-order chi connectivity index (χ1) is 7.71. The van der Waals surface area contributed by atoms with E-state index in [0.717, 1.165) is 0 Å². The number of aliphatic hydroxyl groups is 1. The first-order valence-electron chi connectivity index (χ1n) is 5.00. The maximum Gasteiger partial charge on any atom is 0.471 e. The summed E-state index contributed by atoms with van der Waals surface area (Å²) in [4.78, 5) is 22.9. The van der Waals surface area contributed by atoms with Gasteiger partial charge in [0.05, 0.1) is 6.10 Å². The van der Waals surface area contributed by atoms with E-state index < -0.39 is 24.1 Å². The summed E-state index contributed by atoms with van der Waals surface area (Å²) in [5.41, 5.74) is 0. The van der Waals surface area contributed by atoms with Crippen LogP contribution in [0.25, 0.3) is 0 Å². The number of hydrogen-bond acceptors (Lipinski definition) is 3. The summed E-state index contributed by atoms with van der Waals surface area (Å²) in [5, 5.41) is 11.2. The van der Waals surface area contributed by atoms with Crippen molar-refractivity contribution in [1.29, 1.82) is 0 Å². The van der Waals surface area contributed by atoms with Crippen LogP contribution in [0.4, 0.5) is 13.2 Å². The summed E-state index contributed by atoms with van der Waals surface area (Å²) < 4.78 is 35.7. The summed E-state index contributed by atoms with van der Waals surface area (Å²) in [5.74, 6) is -2.86. The second kappa shape index (κ2) is 4.91. The molecule has 0 aromatic rings. The maximum absolute atomic E-state index is 11.9. The van der Waals surface area contributed by atoms with E-state index in [1.54, 1.807) is 5.32 Å². The minimum Gasteiger partial charge on any atom is -0.391 e. The van der Waals surface area contributed by atoms with Crippen molar-refractivity contribution in [2.24, 2.45) is 5.92 Å². The number of likely N-dealkylation sites (tertiary alicyclic amines) is 1. The SMILES string of the molecule is CC(=O)N1CC(O)C(CNC(=O)C(F)(F)F)C1. The van der Waals surface area contributed by atoms with E-state index in [1.165, 1.54) is 11.8 Å². The zero-order valence-electron chi connectivity index (χ0n) is 9.12. The lowest BCUT2D eigenvalue weighted by molar-refractivity contribution is -0.173. The number of β-amino-alcohol motifs (C(OH)–C–C–N with tert-alkyl or cyclic N) is 1. The van der Waals surface area contributed by atoms with Crippen LogP contribution in [0.2, 0.25) is 0 Å². The Morgan fingerprint density at radius 2 is 2.00 bits per heavy atom. The molecule has 98 valence electrons. The number of amides is 2. The van der Waals surface area contributed by atoms with Crippen LogP contribution in [0, 0.1) is 5.92 Å². The molecule has 0 bridgehead atoms. The van der Waals surface area contributed by atoms with Gasteiger partial charge in [0, 0.05) is 32.5 Å². The Labute approximate surface area is 95.6 Å². The summed E-state index contributed by atoms with van der Waals surface area (Å²) in [6, 6.07) is 0. The third-order valence-electron chi connectivity index (χ3n) is 2.63. The van der Waals surface area contributed by atoms with Crippen molar-refractivity contribution in [2.45, 2.75) is 19.2 Å². The molecule has 1 saturated heterocycles. The van der Waals surface area contributed by atoms with E-state index in [9.17, 15) is 27.9 Å². The fraction of sp³-hybridized carbons (Fsp3) is 0.778. The number of nitrogens with zero attached hydrogens (tertiary/aromatic N) is 1. The van der Waals surface area contributed by atoms with Gasteiger partial charge in [-0.3, -0.25) is 9.59 Å². The predicted molar refractivity (Wildman–Crippen MR) is 50.8 cm³/mol. The van der Waals surface area contributed by atoms with Gasteiger partial charge >= 0.3 is 12.1 Å². The van der Waals surface area contributed by atoms with Crippen molar-refractivity contribution in [3.05, 3.63) is 0 Å². The minimum absolute atomic E-state index is 0.0852. The molecule has 2 unspecified atom stereocenters. The zero-order chi connectivity index (χ0) is 13.2. The van der Waals surface area contributed by atoms with Crippen LogP contribution in [0.15, 0.2) is 0 Å². The number of rotatable bonds is 2. The molecule has 1 fully saturated rings. The topological polar surface area (TPSA) is 69.6 Å². The molecule has 0 aromatic heterocycles. The fourth-order valence-electron chi connectivity index (χ4n) is 1.64. The molecule has 1 aliphatic heterocycles. The van der Waals surface area contributed by atoms with Gasteiger partial charge in [-0.05, 0) is 0 Å². The number of carbonyl (C=O) groups excluding carboxylic acids is 2. The van der Waals surface area contributed by atoms with E-state index in [0.29, 0.717) is 0 Å². The van der Waals surface area contributed by atoms with Crippen molar-refractivity contribution >= 4 is 11.8 Å². The lowest BCUT2D eigenvalue weighted by atomic mass is 10.1. The van der Waals surface area contributed by atoms with Crippen LogP contribution in [0.3, 0.4) is 0 Å².